The lowest BCUT2D eigenvalue weighted by Crippen LogP contribution is -2.48. The first-order chi connectivity index (χ1) is 14.3. The number of piperidine rings is 1. The summed E-state index contributed by atoms with van der Waals surface area (Å²) in [7, 11) is 1.84. The number of rotatable bonds is 6. The molecule has 0 spiro atoms. The zero-order chi connectivity index (χ0) is 19.9. The number of nitrogens with zero attached hydrogens (tertiary/aromatic N) is 4. The fourth-order valence-corrected chi connectivity index (χ4v) is 4.50. The van der Waals surface area contributed by atoms with Gasteiger partial charge < -0.3 is 15.5 Å². The van der Waals surface area contributed by atoms with Crippen molar-refractivity contribution in [2.45, 2.75) is 32.0 Å². The number of thiophene rings is 1. The third-order valence-electron chi connectivity index (χ3n) is 5.33. The van der Waals surface area contributed by atoms with Gasteiger partial charge in [-0.25, -0.2) is 0 Å². The zero-order valence-electron chi connectivity index (χ0n) is 16.8. The molecule has 0 bridgehead atoms. The molecule has 1 fully saturated rings. The van der Waals surface area contributed by atoms with Crippen LogP contribution in [0.1, 0.15) is 24.0 Å². The van der Waals surface area contributed by atoms with Crippen LogP contribution in [0.5, 0.6) is 0 Å². The van der Waals surface area contributed by atoms with E-state index in [4.69, 9.17) is 0 Å². The second kappa shape index (κ2) is 9.60. The number of aromatic nitrogens is 2. The van der Waals surface area contributed by atoms with E-state index < -0.39 is 0 Å². The summed E-state index contributed by atoms with van der Waals surface area (Å²) >= 11 is 1.82. The lowest BCUT2D eigenvalue weighted by Gasteiger charge is -2.33. The molecule has 2 aromatic heterocycles. The van der Waals surface area contributed by atoms with E-state index in [9.17, 15) is 0 Å². The smallest absolute Gasteiger partial charge is 0.191 e. The molecule has 0 atom stereocenters. The number of nitrogens with one attached hydrogen (secondary N) is 2. The molecule has 3 heterocycles. The molecular formula is C22H28N6S. The second-order valence-corrected chi connectivity index (χ2v) is 8.18. The van der Waals surface area contributed by atoms with Crippen LogP contribution in [0, 0.1) is 0 Å². The van der Waals surface area contributed by atoms with Gasteiger partial charge in [-0.3, -0.25) is 9.67 Å². The molecule has 0 radical (unpaired) electrons. The summed E-state index contributed by atoms with van der Waals surface area (Å²) in [5.41, 5.74) is 2.53. The van der Waals surface area contributed by atoms with Gasteiger partial charge in [0.05, 0.1) is 11.5 Å². The Morgan fingerprint density at radius 3 is 2.66 bits per heavy atom. The molecule has 1 aliphatic heterocycles. The number of hydrogen-bond acceptors (Lipinski definition) is 4. The van der Waals surface area contributed by atoms with Crippen molar-refractivity contribution in [3.63, 3.8) is 0 Å². The van der Waals surface area contributed by atoms with Crippen LogP contribution in [0.25, 0.3) is 0 Å². The maximum atomic E-state index is 4.44. The van der Waals surface area contributed by atoms with Crippen LogP contribution >= 0.6 is 11.3 Å². The number of aliphatic imine (C=N–C) groups is 1. The van der Waals surface area contributed by atoms with E-state index in [0.29, 0.717) is 6.04 Å². The van der Waals surface area contributed by atoms with Gasteiger partial charge in [0.25, 0.3) is 0 Å². The molecule has 29 heavy (non-hydrogen) atoms. The summed E-state index contributed by atoms with van der Waals surface area (Å²) in [4.78, 5) is 6.91. The summed E-state index contributed by atoms with van der Waals surface area (Å²) in [6, 6.07) is 15.2. The van der Waals surface area contributed by atoms with Gasteiger partial charge in [-0.1, -0.05) is 24.3 Å². The summed E-state index contributed by atoms with van der Waals surface area (Å²) in [5.74, 6) is 0.869. The molecule has 1 saturated heterocycles. The minimum absolute atomic E-state index is 0.455. The number of anilines is 1. The third kappa shape index (κ3) is 5.17. The van der Waals surface area contributed by atoms with Crippen molar-refractivity contribution in [2.24, 2.45) is 4.99 Å². The predicted molar refractivity (Wildman–Crippen MR) is 121 cm³/mol. The van der Waals surface area contributed by atoms with Crippen LogP contribution < -0.4 is 15.5 Å². The standard InChI is InChI=1S/C22H28N6S/c1-23-22(26-20-9-13-27(14-10-20)21-8-4-15-29-21)24-16-18-6-2-3-7-19(18)17-28-12-5-11-25-28/h2-8,11-12,15,20H,9-10,13-14,16-17H2,1H3,(H2,23,24,26). The predicted octanol–water partition coefficient (Wildman–Crippen LogP) is 3.33. The third-order valence-corrected chi connectivity index (χ3v) is 6.26. The first kappa shape index (κ1) is 19.5. The first-order valence-corrected chi connectivity index (χ1v) is 11.0. The van der Waals surface area contributed by atoms with Gasteiger partial charge in [-0.05, 0) is 47.5 Å². The summed E-state index contributed by atoms with van der Waals surface area (Å²) in [6.07, 6.45) is 6.05. The van der Waals surface area contributed by atoms with Crippen LogP contribution in [0.2, 0.25) is 0 Å². The quantitative estimate of drug-likeness (QED) is 0.485. The Morgan fingerprint density at radius 2 is 1.97 bits per heavy atom. The van der Waals surface area contributed by atoms with Crippen molar-refractivity contribution >= 4 is 22.3 Å². The monoisotopic (exact) mass is 408 g/mol. The Hall–Kier alpha value is -2.80. The fraction of sp³-hybridized carbons (Fsp3) is 0.364. The van der Waals surface area contributed by atoms with E-state index in [1.165, 1.54) is 16.1 Å². The number of benzene rings is 1. The normalized spacial score (nSPS) is 15.5. The molecule has 7 heteroatoms. The fourth-order valence-electron chi connectivity index (χ4n) is 3.71. The highest BCUT2D eigenvalue weighted by Gasteiger charge is 2.20. The van der Waals surface area contributed by atoms with E-state index in [1.54, 1.807) is 0 Å². The molecule has 6 nitrogen and oxygen atoms in total. The number of guanidine groups is 1. The van der Waals surface area contributed by atoms with Crippen LogP contribution in [0.4, 0.5) is 5.00 Å². The molecule has 3 aromatic rings. The molecule has 1 aromatic carbocycles. The van der Waals surface area contributed by atoms with Crippen molar-refractivity contribution < 1.29 is 0 Å². The molecule has 4 rings (SSSR count). The van der Waals surface area contributed by atoms with Crippen LogP contribution in [-0.4, -0.2) is 41.9 Å². The average Bonchev–Trinajstić information content (AvgIpc) is 3.47. The highest BCUT2D eigenvalue weighted by molar-refractivity contribution is 7.14. The van der Waals surface area contributed by atoms with Crippen LogP contribution in [-0.2, 0) is 13.1 Å². The van der Waals surface area contributed by atoms with Crippen molar-refractivity contribution in [1.29, 1.82) is 0 Å². The molecular weight excluding hydrogens is 380 g/mol. The average molecular weight is 409 g/mol. The van der Waals surface area contributed by atoms with Gasteiger partial charge in [-0.2, -0.15) is 5.10 Å². The van der Waals surface area contributed by atoms with Gasteiger partial charge in [0.1, 0.15) is 0 Å². The van der Waals surface area contributed by atoms with E-state index in [-0.39, 0.29) is 0 Å². The summed E-state index contributed by atoms with van der Waals surface area (Å²) < 4.78 is 1.95. The van der Waals surface area contributed by atoms with E-state index in [1.807, 2.05) is 41.5 Å². The summed E-state index contributed by atoms with van der Waals surface area (Å²) in [6.45, 7) is 3.69. The van der Waals surface area contributed by atoms with Gasteiger partial charge in [0.15, 0.2) is 5.96 Å². The van der Waals surface area contributed by atoms with Crippen molar-refractivity contribution in [3.8, 4) is 0 Å². The minimum Gasteiger partial charge on any atom is -0.363 e. The second-order valence-electron chi connectivity index (χ2n) is 7.26. The number of hydrogen-bond donors (Lipinski definition) is 2. The van der Waals surface area contributed by atoms with Gasteiger partial charge in [0.2, 0.25) is 0 Å². The van der Waals surface area contributed by atoms with Crippen molar-refractivity contribution in [2.75, 3.05) is 25.0 Å². The Balaban J connectivity index is 1.29. The Kier molecular flexibility index (Phi) is 6.46. The molecule has 0 saturated carbocycles. The topological polar surface area (TPSA) is 57.5 Å². The highest BCUT2D eigenvalue weighted by Crippen LogP contribution is 2.24. The molecule has 1 aliphatic rings. The maximum absolute atomic E-state index is 4.44. The summed E-state index contributed by atoms with van der Waals surface area (Å²) in [5, 5.41) is 14.9. The van der Waals surface area contributed by atoms with E-state index in [0.717, 1.165) is 45.0 Å². The Labute approximate surface area is 176 Å². The van der Waals surface area contributed by atoms with Gasteiger partial charge in [-0.15, -0.1) is 11.3 Å². The lowest BCUT2D eigenvalue weighted by atomic mass is 10.1. The highest BCUT2D eigenvalue weighted by atomic mass is 32.1. The van der Waals surface area contributed by atoms with Crippen molar-refractivity contribution in [1.82, 2.24) is 20.4 Å². The van der Waals surface area contributed by atoms with Crippen LogP contribution in [0.3, 0.4) is 0 Å². The Bertz CT molecular complexity index is 895. The van der Waals surface area contributed by atoms with E-state index >= 15 is 0 Å². The molecule has 152 valence electrons. The largest absolute Gasteiger partial charge is 0.363 e. The first-order valence-electron chi connectivity index (χ1n) is 10.1. The van der Waals surface area contributed by atoms with Gasteiger partial charge in [0, 0.05) is 45.1 Å². The maximum Gasteiger partial charge on any atom is 0.191 e. The van der Waals surface area contributed by atoms with Crippen LogP contribution in [0.15, 0.2) is 65.2 Å². The molecule has 2 N–H and O–H groups in total. The lowest BCUT2D eigenvalue weighted by molar-refractivity contribution is 0.462. The van der Waals surface area contributed by atoms with E-state index in [2.05, 4.69) is 67.4 Å². The molecule has 0 aliphatic carbocycles. The molecule has 0 amide bonds. The SMILES string of the molecule is CN=C(NCc1ccccc1Cn1cccn1)NC1CCN(c2cccs2)CC1. The minimum atomic E-state index is 0.455. The van der Waals surface area contributed by atoms with Gasteiger partial charge >= 0.3 is 0 Å². The zero-order valence-corrected chi connectivity index (χ0v) is 17.6. The Morgan fingerprint density at radius 1 is 1.14 bits per heavy atom. The molecule has 0 unspecified atom stereocenters. The van der Waals surface area contributed by atoms with Crippen molar-refractivity contribution in [3.05, 3.63) is 71.4 Å².